The van der Waals surface area contributed by atoms with E-state index in [4.69, 9.17) is 18.9 Å². The van der Waals surface area contributed by atoms with E-state index in [1.165, 1.54) is 24.2 Å². The summed E-state index contributed by atoms with van der Waals surface area (Å²) in [5.41, 5.74) is 0.382. The molecule has 9 nitrogen and oxygen atoms in total. The van der Waals surface area contributed by atoms with Gasteiger partial charge in [0.25, 0.3) is 5.91 Å². The Morgan fingerprint density at radius 3 is 2.55 bits per heavy atom. The van der Waals surface area contributed by atoms with Crippen LogP contribution in [0.5, 0.6) is 11.5 Å². The van der Waals surface area contributed by atoms with Crippen LogP contribution in [0.25, 0.3) is 0 Å². The van der Waals surface area contributed by atoms with Crippen molar-refractivity contribution >= 4 is 17.7 Å². The predicted molar refractivity (Wildman–Crippen MR) is 153 cm³/mol. The van der Waals surface area contributed by atoms with Crippen LogP contribution in [0.4, 0.5) is 10.5 Å². The molecule has 9 heteroatoms. The van der Waals surface area contributed by atoms with E-state index in [1.807, 2.05) is 37.3 Å². The molecule has 0 saturated carbocycles. The van der Waals surface area contributed by atoms with Gasteiger partial charge >= 0.3 is 6.09 Å². The van der Waals surface area contributed by atoms with Crippen molar-refractivity contribution in [1.82, 2.24) is 4.90 Å². The number of nitrogens with zero attached hydrogens (tertiary/aromatic N) is 1. The van der Waals surface area contributed by atoms with Gasteiger partial charge in [0.2, 0.25) is 0 Å². The lowest BCUT2D eigenvalue weighted by atomic mass is 9.92. The third kappa shape index (κ3) is 7.57. The van der Waals surface area contributed by atoms with Crippen molar-refractivity contribution in [3.8, 4) is 11.5 Å². The van der Waals surface area contributed by atoms with Crippen molar-refractivity contribution in [2.45, 2.75) is 58.1 Å². The van der Waals surface area contributed by atoms with Crippen molar-refractivity contribution < 1.29 is 33.6 Å². The molecule has 0 bridgehead atoms. The normalized spacial score (nSPS) is 16.2. The summed E-state index contributed by atoms with van der Waals surface area (Å²) in [6.45, 7) is 8.12. The van der Waals surface area contributed by atoms with Gasteiger partial charge in [-0.05, 0) is 24.5 Å². The average Bonchev–Trinajstić information content (AvgIpc) is 3.36. The molecule has 0 saturated heterocycles. The monoisotopic (exact) mass is 552 g/mol. The second-order valence-electron chi connectivity index (χ2n) is 9.57. The summed E-state index contributed by atoms with van der Waals surface area (Å²) in [6, 6.07) is 12.7. The highest BCUT2D eigenvalue weighted by atomic mass is 16.5. The van der Waals surface area contributed by atoms with Crippen LogP contribution in [-0.2, 0) is 16.1 Å². The molecule has 1 aliphatic heterocycles. The second kappa shape index (κ2) is 15.0. The number of anilines is 1. The van der Waals surface area contributed by atoms with Crippen LogP contribution in [-0.4, -0.2) is 54.5 Å². The summed E-state index contributed by atoms with van der Waals surface area (Å²) in [6.07, 6.45) is 6.24. The highest BCUT2D eigenvalue weighted by molar-refractivity contribution is 6.04. The molecule has 1 atom stereocenters. The highest BCUT2D eigenvalue weighted by Gasteiger charge is 2.44. The Bertz CT molecular complexity index is 1180. The van der Waals surface area contributed by atoms with Gasteiger partial charge in [-0.1, -0.05) is 69.7 Å². The Kier molecular flexibility index (Phi) is 11.4. The zero-order valence-corrected chi connectivity index (χ0v) is 23.6. The highest BCUT2D eigenvalue weighted by Crippen LogP contribution is 2.40. The van der Waals surface area contributed by atoms with Crippen molar-refractivity contribution in [2.75, 3.05) is 32.2 Å². The maximum absolute atomic E-state index is 14.1. The van der Waals surface area contributed by atoms with Crippen LogP contribution in [0.2, 0.25) is 0 Å². The van der Waals surface area contributed by atoms with Gasteiger partial charge in [-0.15, -0.1) is 0 Å². The lowest BCUT2D eigenvalue weighted by molar-refractivity contribution is 0.0462. The van der Waals surface area contributed by atoms with Crippen LogP contribution in [0, 0.1) is 0 Å². The maximum Gasteiger partial charge on any atom is 0.411 e. The zero-order valence-electron chi connectivity index (χ0n) is 23.6. The number of aliphatic hydroxyl groups is 1. The van der Waals surface area contributed by atoms with Crippen molar-refractivity contribution in [3.63, 3.8) is 0 Å². The predicted octanol–water partition coefficient (Wildman–Crippen LogP) is 6.04. The number of amides is 2. The van der Waals surface area contributed by atoms with E-state index in [0.29, 0.717) is 36.7 Å². The Labute approximate surface area is 236 Å². The summed E-state index contributed by atoms with van der Waals surface area (Å²) < 4.78 is 22.7. The van der Waals surface area contributed by atoms with Crippen molar-refractivity contribution in [2.24, 2.45) is 0 Å². The number of carbonyl (C=O) groups excluding carboxylic acids is 2. The number of ether oxygens (including phenoxy) is 4. The maximum atomic E-state index is 14.1. The molecule has 0 unspecified atom stereocenters. The minimum atomic E-state index is -0.881. The van der Waals surface area contributed by atoms with Crippen LogP contribution in [0.15, 0.2) is 67.1 Å². The standard InChI is InChI=1S/C31H40N2O7/c1-5-8-12-16-38-24-19-31(7-3,22-34)33(20-24)29(35)25-17-27(37-4)28(40-21-23-13-10-9-11-14-23)18-26(25)32-30(36)39-15-6-2/h6,9-11,13-14,17-18,20,34H,2,5,7-8,12,15-16,19,21-22H2,1,3-4H3,(H,32,36)/t31-/m0/s1. The fraction of sp³-hybridized carbons (Fsp3) is 0.419. The largest absolute Gasteiger partial charge is 0.496 e. The molecule has 3 rings (SSSR count). The van der Waals surface area contributed by atoms with Gasteiger partial charge in [0.1, 0.15) is 19.0 Å². The SMILES string of the molecule is C=CCOC(=O)Nc1cc(OCc2ccccc2)c(OC)cc1C(=O)N1C=C(OCCCCC)C[C@@]1(CC)CO. The van der Waals surface area contributed by atoms with Crippen molar-refractivity contribution in [3.05, 3.63) is 78.2 Å². The minimum absolute atomic E-state index is 0.000314. The molecule has 216 valence electrons. The van der Waals surface area contributed by atoms with E-state index >= 15 is 0 Å². The van der Waals surface area contributed by atoms with E-state index in [1.54, 1.807) is 12.3 Å². The first-order chi connectivity index (χ1) is 19.4. The van der Waals surface area contributed by atoms with E-state index in [2.05, 4.69) is 18.8 Å². The minimum Gasteiger partial charge on any atom is -0.496 e. The molecule has 2 aromatic rings. The van der Waals surface area contributed by atoms with E-state index in [0.717, 1.165) is 24.8 Å². The number of benzene rings is 2. The number of carbonyl (C=O) groups is 2. The molecule has 0 fully saturated rings. The molecular weight excluding hydrogens is 512 g/mol. The number of hydrogen-bond donors (Lipinski definition) is 2. The van der Waals surface area contributed by atoms with Gasteiger partial charge in [0, 0.05) is 18.7 Å². The van der Waals surface area contributed by atoms with Crippen molar-refractivity contribution in [1.29, 1.82) is 0 Å². The molecule has 0 spiro atoms. The summed E-state index contributed by atoms with van der Waals surface area (Å²) in [5.74, 6) is 0.849. The quantitative estimate of drug-likeness (QED) is 0.205. The summed E-state index contributed by atoms with van der Waals surface area (Å²) in [5, 5.41) is 13.1. The molecule has 2 amide bonds. The number of unbranched alkanes of at least 4 members (excludes halogenated alkanes) is 2. The number of aliphatic hydroxyl groups excluding tert-OH is 1. The number of hydrogen-bond acceptors (Lipinski definition) is 7. The second-order valence-corrected chi connectivity index (χ2v) is 9.57. The summed E-state index contributed by atoms with van der Waals surface area (Å²) in [7, 11) is 1.48. The third-order valence-corrected chi connectivity index (χ3v) is 6.83. The number of rotatable bonds is 15. The summed E-state index contributed by atoms with van der Waals surface area (Å²) >= 11 is 0. The van der Waals surface area contributed by atoms with Crippen LogP contribution in [0.1, 0.15) is 61.9 Å². The zero-order chi connectivity index (χ0) is 29.0. The van der Waals surface area contributed by atoms with Gasteiger partial charge in [0.05, 0.1) is 37.1 Å². The molecule has 2 N–H and O–H groups in total. The molecule has 0 aliphatic carbocycles. The smallest absolute Gasteiger partial charge is 0.411 e. The molecule has 0 aromatic heterocycles. The molecule has 1 aliphatic rings. The van der Waals surface area contributed by atoms with Gasteiger partial charge < -0.3 is 29.0 Å². The lowest BCUT2D eigenvalue weighted by Crippen LogP contribution is -2.48. The van der Waals surface area contributed by atoms with E-state index < -0.39 is 17.5 Å². The van der Waals surface area contributed by atoms with Crippen LogP contribution < -0.4 is 14.8 Å². The molecule has 1 heterocycles. The Morgan fingerprint density at radius 2 is 1.90 bits per heavy atom. The van der Waals surface area contributed by atoms with Gasteiger partial charge in [-0.3, -0.25) is 10.1 Å². The lowest BCUT2D eigenvalue weighted by Gasteiger charge is -2.35. The Hall–Kier alpha value is -3.98. The average molecular weight is 553 g/mol. The first-order valence-corrected chi connectivity index (χ1v) is 13.6. The number of nitrogens with one attached hydrogen (secondary N) is 1. The fourth-order valence-electron chi connectivity index (χ4n) is 4.45. The number of methoxy groups -OCH3 is 1. The molecule has 2 aromatic carbocycles. The molecule has 40 heavy (non-hydrogen) atoms. The van der Waals surface area contributed by atoms with Crippen LogP contribution >= 0.6 is 0 Å². The third-order valence-electron chi connectivity index (χ3n) is 6.83. The van der Waals surface area contributed by atoms with Crippen LogP contribution in [0.3, 0.4) is 0 Å². The first-order valence-electron chi connectivity index (χ1n) is 13.6. The van der Waals surface area contributed by atoms with E-state index in [9.17, 15) is 14.7 Å². The van der Waals surface area contributed by atoms with E-state index in [-0.39, 0.29) is 31.1 Å². The summed E-state index contributed by atoms with van der Waals surface area (Å²) in [4.78, 5) is 28.1. The Morgan fingerprint density at radius 1 is 1.12 bits per heavy atom. The molecule has 0 radical (unpaired) electrons. The first kappa shape index (κ1) is 30.6. The Balaban J connectivity index is 1.98. The van der Waals surface area contributed by atoms with Gasteiger partial charge in [-0.25, -0.2) is 4.79 Å². The van der Waals surface area contributed by atoms with Gasteiger partial charge in [-0.2, -0.15) is 0 Å². The topological polar surface area (TPSA) is 107 Å². The molecular formula is C31H40N2O7. The fourth-order valence-corrected chi connectivity index (χ4v) is 4.45. The van der Waals surface area contributed by atoms with Gasteiger partial charge in [0.15, 0.2) is 11.5 Å².